The van der Waals surface area contributed by atoms with Crippen LogP contribution in [0.5, 0.6) is 0 Å². The summed E-state index contributed by atoms with van der Waals surface area (Å²) >= 11 is 2.40. The number of hydrogen-bond acceptors (Lipinski definition) is 10. The molecule has 0 spiro atoms. The lowest BCUT2D eigenvalue weighted by Crippen LogP contribution is -2.71. The van der Waals surface area contributed by atoms with Gasteiger partial charge in [0.25, 0.3) is 5.91 Å². The van der Waals surface area contributed by atoms with Crippen molar-refractivity contribution in [3.8, 4) is 0 Å². The standard InChI is InChI=1S/C15H17N5O6S2/c1-5(21)26-2-6-3-27-13-9(12(23)20(13)10(6)14(24)25)19-11(22)8(16)7-4-28-15(17)18-7/h4,8-9,13H,2-3,16H2,1H3,(H2,17,18)(H,19,22)(H,24,25)/t8?,9-,13?/m1/s1. The number of anilines is 1. The van der Waals surface area contributed by atoms with Crippen molar-refractivity contribution >= 4 is 52.0 Å². The molecule has 13 heteroatoms. The fourth-order valence-electron chi connectivity index (χ4n) is 2.80. The molecule has 1 aromatic heterocycles. The first-order valence-electron chi connectivity index (χ1n) is 8.01. The van der Waals surface area contributed by atoms with Gasteiger partial charge in [0.05, 0.1) is 5.69 Å². The summed E-state index contributed by atoms with van der Waals surface area (Å²) in [6, 6.07) is -2.01. The molecule has 150 valence electrons. The molecule has 3 rings (SSSR count). The van der Waals surface area contributed by atoms with Crippen LogP contribution in [0.1, 0.15) is 18.7 Å². The second kappa shape index (κ2) is 7.77. The summed E-state index contributed by atoms with van der Waals surface area (Å²) in [4.78, 5) is 52.5. The van der Waals surface area contributed by atoms with E-state index in [0.717, 1.165) is 16.2 Å². The van der Waals surface area contributed by atoms with E-state index in [-0.39, 0.29) is 28.9 Å². The Bertz CT molecular complexity index is 884. The van der Waals surface area contributed by atoms with Gasteiger partial charge in [-0.25, -0.2) is 9.78 Å². The Balaban J connectivity index is 1.72. The summed E-state index contributed by atoms with van der Waals surface area (Å²) in [5, 5.41) is 13.3. The molecule has 0 saturated carbocycles. The van der Waals surface area contributed by atoms with Gasteiger partial charge in [0, 0.05) is 23.6 Å². The van der Waals surface area contributed by atoms with Gasteiger partial charge in [-0.05, 0) is 0 Å². The number of carbonyl (C=O) groups excluding carboxylic acids is 3. The average molecular weight is 427 g/mol. The summed E-state index contributed by atoms with van der Waals surface area (Å²) in [7, 11) is 0. The lowest BCUT2D eigenvalue weighted by Gasteiger charge is -2.49. The number of fused-ring (bicyclic) bond motifs is 1. The number of carboxylic acid groups (broad SMARTS) is 1. The van der Waals surface area contributed by atoms with E-state index in [0.29, 0.717) is 5.57 Å². The van der Waals surface area contributed by atoms with E-state index in [1.807, 2.05) is 0 Å². The molecule has 2 aliphatic rings. The maximum Gasteiger partial charge on any atom is 0.352 e. The lowest BCUT2D eigenvalue weighted by atomic mass is 10.0. The lowest BCUT2D eigenvalue weighted by molar-refractivity contribution is -0.151. The molecule has 1 aromatic rings. The minimum absolute atomic E-state index is 0.215. The van der Waals surface area contributed by atoms with Crippen LogP contribution in [0.15, 0.2) is 16.7 Å². The van der Waals surface area contributed by atoms with E-state index in [1.165, 1.54) is 18.7 Å². The molecule has 1 saturated heterocycles. The first-order chi connectivity index (χ1) is 13.2. The Kier molecular flexibility index (Phi) is 5.58. The van der Waals surface area contributed by atoms with Crippen LogP contribution in [-0.2, 0) is 23.9 Å². The fraction of sp³-hybridized carbons (Fsp3) is 0.400. The van der Waals surface area contributed by atoms with E-state index < -0.39 is 41.2 Å². The number of rotatable bonds is 6. The summed E-state index contributed by atoms with van der Waals surface area (Å²) < 4.78 is 4.86. The average Bonchev–Trinajstić information content (AvgIpc) is 3.08. The minimum Gasteiger partial charge on any atom is -0.477 e. The number of carbonyl (C=O) groups is 4. The van der Waals surface area contributed by atoms with E-state index >= 15 is 0 Å². The molecule has 28 heavy (non-hydrogen) atoms. The number of β-lactam (4-membered cyclic amide) rings is 1. The largest absolute Gasteiger partial charge is 0.477 e. The number of esters is 1. The van der Waals surface area contributed by atoms with Crippen molar-refractivity contribution in [1.82, 2.24) is 15.2 Å². The Morgan fingerprint density at radius 1 is 1.50 bits per heavy atom. The molecule has 0 aliphatic carbocycles. The van der Waals surface area contributed by atoms with Gasteiger partial charge in [-0.2, -0.15) is 0 Å². The molecule has 3 heterocycles. The van der Waals surface area contributed by atoms with Gasteiger partial charge >= 0.3 is 11.9 Å². The minimum atomic E-state index is -1.31. The third kappa shape index (κ3) is 3.68. The predicted molar refractivity (Wildman–Crippen MR) is 99.8 cm³/mol. The van der Waals surface area contributed by atoms with Crippen LogP contribution < -0.4 is 16.8 Å². The van der Waals surface area contributed by atoms with Crippen LogP contribution in [0.2, 0.25) is 0 Å². The Labute approximate surface area is 167 Å². The van der Waals surface area contributed by atoms with Gasteiger partial charge in [-0.1, -0.05) is 0 Å². The monoisotopic (exact) mass is 427 g/mol. The van der Waals surface area contributed by atoms with Gasteiger partial charge in [-0.15, -0.1) is 23.1 Å². The van der Waals surface area contributed by atoms with Gasteiger partial charge in [-0.3, -0.25) is 19.3 Å². The number of aliphatic carboxylic acids is 1. The summed E-state index contributed by atoms with van der Waals surface area (Å²) in [5.74, 6) is -2.81. The zero-order valence-corrected chi connectivity index (χ0v) is 16.2. The Hall–Kier alpha value is -2.64. The number of thioether (sulfide) groups is 1. The number of nitrogen functional groups attached to an aromatic ring is 1. The molecule has 2 aliphatic heterocycles. The van der Waals surface area contributed by atoms with Crippen LogP contribution in [0.25, 0.3) is 0 Å². The predicted octanol–water partition coefficient (Wildman–Crippen LogP) is -0.973. The van der Waals surface area contributed by atoms with Crippen molar-refractivity contribution in [2.45, 2.75) is 24.4 Å². The van der Waals surface area contributed by atoms with Gasteiger partial charge in [0.1, 0.15) is 29.8 Å². The zero-order valence-electron chi connectivity index (χ0n) is 14.6. The van der Waals surface area contributed by atoms with E-state index in [4.69, 9.17) is 16.2 Å². The zero-order chi connectivity index (χ0) is 20.6. The molecule has 2 unspecified atom stereocenters. The maximum absolute atomic E-state index is 12.5. The van der Waals surface area contributed by atoms with Crippen LogP contribution >= 0.6 is 23.1 Å². The second-order valence-corrected chi connectivity index (χ2v) is 8.02. The summed E-state index contributed by atoms with van der Waals surface area (Å²) in [6.07, 6.45) is 0. The molecule has 0 aromatic carbocycles. The molecular weight excluding hydrogens is 410 g/mol. The number of thiazole rings is 1. The molecule has 2 amide bonds. The number of aromatic nitrogens is 1. The number of ether oxygens (including phenoxy) is 1. The van der Waals surface area contributed by atoms with Gasteiger partial charge in [0.2, 0.25) is 5.91 Å². The third-order valence-electron chi connectivity index (χ3n) is 4.14. The van der Waals surface area contributed by atoms with Crippen molar-refractivity contribution in [2.75, 3.05) is 18.1 Å². The van der Waals surface area contributed by atoms with E-state index in [9.17, 15) is 24.3 Å². The first kappa shape index (κ1) is 20.1. The van der Waals surface area contributed by atoms with Gasteiger partial charge in [0.15, 0.2) is 5.13 Å². The van der Waals surface area contributed by atoms with Crippen molar-refractivity contribution < 1.29 is 29.0 Å². The number of nitrogens with zero attached hydrogens (tertiary/aromatic N) is 2. The molecule has 0 bridgehead atoms. The Morgan fingerprint density at radius 2 is 2.21 bits per heavy atom. The quantitative estimate of drug-likeness (QED) is 0.326. The highest BCUT2D eigenvalue weighted by molar-refractivity contribution is 8.00. The first-order valence-corrected chi connectivity index (χ1v) is 9.93. The second-order valence-electron chi connectivity index (χ2n) is 6.02. The maximum atomic E-state index is 12.5. The number of hydrogen-bond donors (Lipinski definition) is 4. The van der Waals surface area contributed by atoms with E-state index in [2.05, 4.69) is 10.3 Å². The molecule has 11 nitrogen and oxygen atoms in total. The van der Waals surface area contributed by atoms with Crippen molar-refractivity contribution in [2.24, 2.45) is 5.73 Å². The summed E-state index contributed by atoms with van der Waals surface area (Å²) in [5.41, 5.74) is 11.8. The number of nitrogens with two attached hydrogens (primary N) is 2. The molecule has 3 atom stereocenters. The number of nitrogens with one attached hydrogen (secondary N) is 1. The van der Waals surface area contributed by atoms with Crippen molar-refractivity contribution in [3.05, 3.63) is 22.3 Å². The normalized spacial score (nSPS) is 22.2. The highest BCUT2D eigenvalue weighted by atomic mass is 32.2. The Morgan fingerprint density at radius 3 is 2.79 bits per heavy atom. The fourth-order valence-corrected chi connectivity index (χ4v) is 4.73. The number of amides is 2. The SMILES string of the molecule is CC(=O)OCC1=C(C(=O)O)N2C(=O)[C@@H](NC(=O)C(N)c3csc(N)n3)C2SC1. The van der Waals surface area contributed by atoms with Crippen LogP contribution in [0.4, 0.5) is 5.13 Å². The number of carboxylic acids is 1. The smallest absolute Gasteiger partial charge is 0.352 e. The molecule has 1 fully saturated rings. The van der Waals surface area contributed by atoms with E-state index in [1.54, 1.807) is 5.38 Å². The van der Waals surface area contributed by atoms with Crippen LogP contribution in [0, 0.1) is 0 Å². The highest BCUT2D eigenvalue weighted by Crippen LogP contribution is 2.40. The molecular formula is C15H17N5O6S2. The third-order valence-corrected chi connectivity index (χ3v) is 6.17. The van der Waals surface area contributed by atoms with Gasteiger partial charge < -0.3 is 26.6 Å². The van der Waals surface area contributed by atoms with Crippen molar-refractivity contribution in [1.29, 1.82) is 0 Å². The summed E-state index contributed by atoms with van der Waals surface area (Å²) in [6.45, 7) is 0.993. The highest BCUT2D eigenvalue weighted by Gasteiger charge is 2.54. The van der Waals surface area contributed by atoms with Crippen molar-refractivity contribution in [3.63, 3.8) is 0 Å². The van der Waals surface area contributed by atoms with Crippen LogP contribution in [-0.4, -0.2) is 62.5 Å². The topological polar surface area (TPSA) is 178 Å². The molecule has 0 radical (unpaired) electrons. The van der Waals surface area contributed by atoms with Crippen LogP contribution in [0.3, 0.4) is 0 Å². The molecule has 6 N–H and O–H groups in total.